The average molecular weight is 223 g/mol. The van der Waals surface area contributed by atoms with Crippen molar-refractivity contribution in [3.63, 3.8) is 0 Å². The van der Waals surface area contributed by atoms with Crippen LogP contribution in [0.15, 0.2) is 16.9 Å². The first-order chi connectivity index (χ1) is 7.83. The van der Waals surface area contributed by atoms with Crippen molar-refractivity contribution in [3.05, 3.63) is 18.3 Å². The van der Waals surface area contributed by atoms with Gasteiger partial charge in [-0.25, -0.2) is 15.9 Å². The van der Waals surface area contributed by atoms with Crippen molar-refractivity contribution in [2.75, 3.05) is 7.11 Å². The van der Waals surface area contributed by atoms with Crippen molar-refractivity contribution < 1.29 is 14.1 Å². The molecule has 0 saturated heterocycles. The number of methoxy groups -OCH3 is 1. The van der Waals surface area contributed by atoms with E-state index in [2.05, 4.69) is 24.9 Å². The van der Waals surface area contributed by atoms with E-state index in [9.17, 15) is 0 Å². The first-order valence-electron chi connectivity index (χ1n) is 4.34. The summed E-state index contributed by atoms with van der Waals surface area (Å²) in [5.74, 6) is 5.90. The molecule has 0 fully saturated rings. The van der Waals surface area contributed by atoms with Gasteiger partial charge in [-0.3, -0.25) is 4.84 Å². The quantitative estimate of drug-likeness (QED) is 0.717. The number of hydrogen-bond acceptors (Lipinski definition) is 8. The Kier molecular flexibility index (Phi) is 3.03. The van der Waals surface area contributed by atoms with E-state index in [1.165, 1.54) is 13.4 Å². The third-order valence-corrected chi connectivity index (χ3v) is 1.76. The van der Waals surface area contributed by atoms with E-state index in [0.29, 0.717) is 17.4 Å². The van der Waals surface area contributed by atoms with Gasteiger partial charge in [0.2, 0.25) is 11.7 Å². The number of nitrogens with two attached hydrogens (primary N) is 1. The molecular weight excluding hydrogens is 214 g/mol. The molecule has 0 spiro atoms. The van der Waals surface area contributed by atoms with Crippen LogP contribution in [0.4, 0.5) is 0 Å². The molecule has 8 nitrogen and oxygen atoms in total. The fourth-order valence-electron chi connectivity index (χ4n) is 1.06. The predicted octanol–water partition coefficient (Wildman–Crippen LogP) is -0.0745. The topological polar surface area (TPSA) is 109 Å². The number of hydrogen-bond donors (Lipinski definition) is 1. The van der Waals surface area contributed by atoms with Crippen LogP contribution in [0.25, 0.3) is 11.5 Å². The van der Waals surface area contributed by atoms with Gasteiger partial charge in [-0.05, 0) is 0 Å². The second kappa shape index (κ2) is 4.64. The maximum absolute atomic E-state index is 4.95. The Morgan fingerprint density at radius 2 is 2.31 bits per heavy atom. The Labute approximate surface area is 90.4 Å². The van der Waals surface area contributed by atoms with Gasteiger partial charge in [0.15, 0.2) is 0 Å². The summed E-state index contributed by atoms with van der Waals surface area (Å²) in [4.78, 5) is 16.2. The molecule has 0 radical (unpaired) electrons. The average Bonchev–Trinajstić information content (AvgIpc) is 2.78. The van der Waals surface area contributed by atoms with Gasteiger partial charge in [0.25, 0.3) is 5.89 Å². The molecule has 2 heterocycles. The highest BCUT2D eigenvalue weighted by Crippen LogP contribution is 2.16. The van der Waals surface area contributed by atoms with Crippen molar-refractivity contribution in [2.24, 2.45) is 5.90 Å². The minimum atomic E-state index is 0.0508. The second-order valence-electron chi connectivity index (χ2n) is 2.77. The van der Waals surface area contributed by atoms with Crippen molar-refractivity contribution >= 4 is 0 Å². The summed E-state index contributed by atoms with van der Waals surface area (Å²) in [6, 6.07) is 1.60. The van der Waals surface area contributed by atoms with Crippen LogP contribution in [-0.4, -0.2) is 27.2 Å². The van der Waals surface area contributed by atoms with Crippen LogP contribution < -0.4 is 10.6 Å². The lowest BCUT2D eigenvalue weighted by molar-refractivity contribution is 0.0996. The highest BCUT2D eigenvalue weighted by molar-refractivity contribution is 5.48. The maximum Gasteiger partial charge on any atom is 0.255 e. The van der Waals surface area contributed by atoms with Crippen LogP contribution in [0.2, 0.25) is 0 Å². The van der Waals surface area contributed by atoms with Gasteiger partial charge < -0.3 is 9.26 Å². The summed E-state index contributed by atoms with van der Waals surface area (Å²) < 4.78 is 9.81. The van der Waals surface area contributed by atoms with Crippen LogP contribution in [0.5, 0.6) is 5.88 Å². The molecule has 2 aromatic rings. The summed E-state index contributed by atoms with van der Waals surface area (Å²) >= 11 is 0. The van der Waals surface area contributed by atoms with Gasteiger partial charge in [0, 0.05) is 6.07 Å². The molecule has 2 aromatic heterocycles. The van der Waals surface area contributed by atoms with E-state index in [1.807, 2.05) is 0 Å². The van der Waals surface area contributed by atoms with Crippen LogP contribution in [0.3, 0.4) is 0 Å². The molecule has 0 atom stereocenters. The minimum absolute atomic E-state index is 0.0508. The molecule has 2 rings (SSSR count). The van der Waals surface area contributed by atoms with Crippen molar-refractivity contribution in [1.29, 1.82) is 0 Å². The van der Waals surface area contributed by atoms with Crippen molar-refractivity contribution in [3.8, 4) is 17.4 Å². The van der Waals surface area contributed by atoms with Gasteiger partial charge in [-0.15, -0.1) is 0 Å². The number of rotatable bonds is 4. The Balaban J connectivity index is 2.27. The molecule has 8 heteroatoms. The monoisotopic (exact) mass is 223 g/mol. The van der Waals surface area contributed by atoms with Crippen LogP contribution >= 0.6 is 0 Å². The summed E-state index contributed by atoms with van der Waals surface area (Å²) in [7, 11) is 1.51. The Morgan fingerprint density at radius 3 is 3.06 bits per heavy atom. The fraction of sp³-hybridized carbons (Fsp3) is 0.250. The van der Waals surface area contributed by atoms with E-state index < -0.39 is 0 Å². The Hall–Kier alpha value is -2.06. The highest BCUT2D eigenvalue weighted by Gasteiger charge is 2.10. The van der Waals surface area contributed by atoms with Gasteiger partial charge in [0.1, 0.15) is 18.6 Å². The first-order valence-corrected chi connectivity index (χ1v) is 4.34. The summed E-state index contributed by atoms with van der Waals surface area (Å²) in [5, 5.41) is 3.71. The Morgan fingerprint density at radius 1 is 1.44 bits per heavy atom. The van der Waals surface area contributed by atoms with Crippen LogP contribution in [-0.2, 0) is 11.4 Å². The number of aromatic nitrogens is 4. The van der Waals surface area contributed by atoms with Crippen LogP contribution in [0.1, 0.15) is 5.89 Å². The normalized spacial score (nSPS) is 10.4. The van der Waals surface area contributed by atoms with Crippen molar-refractivity contribution in [2.45, 2.75) is 6.61 Å². The SMILES string of the molecule is COc1cc(-c2noc(CON)n2)ncn1. The molecule has 0 aliphatic carbocycles. The molecule has 0 aromatic carbocycles. The van der Waals surface area contributed by atoms with E-state index in [-0.39, 0.29) is 12.5 Å². The number of ether oxygens (including phenoxy) is 1. The van der Waals surface area contributed by atoms with E-state index >= 15 is 0 Å². The fourth-order valence-corrected chi connectivity index (χ4v) is 1.06. The molecule has 2 N–H and O–H groups in total. The summed E-state index contributed by atoms with van der Waals surface area (Å²) in [6.45, 7) is 0.0508. The summed E-state index contributed by atoms with van der Waals surface area (Å²) in [6.07, 6.45) is 1.35. The molecule has 0 aliphatic rings. The Bertz CT molecular complexity index is 472. The zero-order valence-corrected chi connectivity index (χ0v) is 8.45. The van der Waals surface area contributed by atoms with Crippen LogP contribution in [0, 0.1) is 0 Å². The van der Waals surface area contributed by atoms with E-state index in [1.54, 1.807) is 6.07 Å². The second-order valence-corrected chi connectivity index (χ2v) is 2.77. The molecule has 0 aliphatic heterocycles. The third kappa shape index (κ3) is 2.12. The van der Waals surface area contributed by atoms with Gasteiger partial charge in [0.05, 0.1) is 7.11 Å². The highest BCUT2D eigenvalue weighted by atomic mass is 16.6. The number of nitrogens with zero attached hydrogens (tertiary/aromatic N) is 4. The zero-order valence-electron chi connectivity index (χ0n) is 8.45. The molecule has 16 heavy (non-hydrogen) atoms. The van der Waals surface area contributed by atoms with Gasteiger partial charge in [-0.1, -0.05) is 5.16 Å². The minimum Gasteiger partial charge on any atom is -0.481 e. The zero-order chi connectivity index (χ0) is 11.4. The van der Waals surface area contributed by atoms with Gasteiger partial charge in [-0.2, -0.15) is 4.98 Å². The standard InChI is InChI=1S/C8H9N5O3/c1-14-6-2-5(10-4-11-6)8-12-7(3-15-9)16-13-8/h2,4H,3,9H2,1H3. The van der Waals surface area contributed by atoms with Gasteiger partial charge >= 0.3 is 0 Å². The lowest BCUT2D eigenvalue weighted by atomic mass is 10.4. The molecule has 0 saturated carbocycles. The van der Waals surface area contributed by atoms with E-state index in [0.717, 1.165) is 0 Å². The third-order valence-electron chi connectivity index (χ3n) is 1.76. The first kappa shape index (κ1) is 10.5. The molecular formula is C8H9N5O3. The smallest absolute Gasteiger partial charge is 0.255 e. The van der Waals surface area contributed by atoms with Crippen molar-refractivity contribution in [1.82, 2.24) is 20.1 Å². The van der Waals surface area contributed by atoms with E-state index in [4.69, 9.17) is 15.2 Å². The summed E-state index contributed by atoms with van der Waals surface area (Å²) in [5.41, 5.74) is 0.499. The molecule has 0 amide bonds. The molecule has 0 unspecified atom stereocenters. The molecule has 84 valence electrons. The largest absolute Gasteiger partial charge is 0.481 e. The lowest BCUT2D eigenvalue weighted by Gasteiger charge is -1.97. The predicted molar refractivity (Wildman–Crippen MR) is 50.9 cm³/mol. The maximum atomic E-state index is 4.95. The molecule has 0 bridgehead atoms. The lowest BCUT2D eigenvalue weighted by Crippen LogP contribution is -1.98.